The van der Waals surface area contributed by atoms with Crippen LogP contribution in [-0.4, -0.2) is 35.3 Å². The summed E-state index contributed by atoms with van der Waals surface area (Å²) in [5, 5.41) is 2.65. The van der Waals surface area contributed by atoms with Gasteiger partial charge in [-0.05, 0) is 36.8 Å². The SMILES string of the molecule is CC.CC.Cc1ccc(C(=O)NCCOP(O)OP(O)Oc2ccc(COC=O)cc2)cc1. The van der Waals surface area contributed by atoms with E-state index in [4.69, 9.17) is 13.4 Å². The Kier molecular flexibility index (Phi) is 18.1. The molecule has 0 heterocycles. The van der Waals surface area contributed by atoms with Gasteiger partial charge in [0, 0.05) is 12.1 Å². The quantitative estimate of drug-likeness (QED) is 0.211. The number of hydrogen-bond donors (Lipinski definition) is 3. The van der Waals surface area contributed by atoms with Crippen LogP contribution in [0.1, 0.15) is 49.2 Å². The average molecular weight is 501 g/mol. The first-order valence-corrected chi connectivity index (χ1v) is 12.7. The topological polar surface area (TPSA) is 124 Å². The molecule has 33 heavy (non-hydrogen) atoms. The molecule has 0 saturated carbocycles. The Labute approximate surface area is 198 Å². The molecular weight excluding hydrogens is 468 g/mol. The molecule has 0 saturated heterocycles. The third-order valence-corrected chi connectivity index (χ3v) is 5.36. The van der Waals surface area contributed by atoms with E-state index in [1.54, 1.807) is 36.4 Å². The van der Waals surface area contributed by atoms with Crippen LogP contribution in [0.2, 0.25) is 0 Å². The molecule has 0 radical (unpaired) electrons. The number of nitrogens with one attached hydrogen (secondary N) is 1. The second-order valence-corrected chi connectivity index (χ2v) is 7.70. The summed E-state index contributed by atoms with van der Waals surface area (Å²) in [7, 11) is -4.79. The van der Waals surface area contributed by atoms with Gasteiger partial charge in [0.15, 0.2) is 0 Å². The Bertz CT molecular complexity index is 775. The second-order valence-electron chi connectivity index (χ2n) is 5.65. The van der Waals surface area contributed by atoms with Crippen LogP contribution < -0.4 is 9.84 Å². The molecule has 1 amide bonds. The van der Waals surface area contributed by atoms with Crippen LogP contribution in [0.4, 0.5) is 0 Å². The predicted molar refractivity (Wildman–Crippen MR) is 129 cm³/mol. The van der Waals surface area contributed by atoms with Gasteiger partial charge < -0.3 is 28.9 Å². The van der Waals surface area contributed by atoms with Gasteiger partial charge in [-0.25, -0.2) is 4.31 Å². The molecule has 184 valence electrons. The van der Waals surface area contributed by atoms with E-state index in [2.05, 4.69) is 10.1 Å². The van der Waals surface area contributed by atoms with Crippen LogP contribution in [0.5, 0.6) is 5.75 Å². The first kappa shape index (κ1) is 30.9. The number of benzene rings is 2. The van der Waals surface area contributed by atoms with E-state index in [0.717, 1.165) is 11.1 Å². The van der Waals surface area contributed by atoms with E-state index in [-0.39, 0.29) is 25.7 Å². The van der Waals surface area contributed by atoms with Crippen LogP contribution in [0.25, 0.3) is 0 Å². The molecule has 2 aromatic carbocycles. The number of ether oxygens (including phenoxy) is 1. The van der Waals surface area contributed by atoms with E-state index >= 15 is 0 Å². The van der Waals surface area contributed by atoms with Crippen LogP contribution in [0.15, 0.2) is 48.5 Å². The molecule has 11 heteroatoms. The molecule has 0 bridgehead atoms. The standard InChI is InChI=1S/C18H21NO8P2.2C2H6/c1-14-2-6-16(7-3-14)18(21)19-10-11-25-28(22)27-29(23)26-17-8-4-15(5-9-17)12-24-13-20;2*1-2/h2-9,13,22-23H,10-12H2,1H3,(H,19,21);2*1-2H3. The van der Waals surface area contributed by atoms with Gasteiger partial charge in [0.05, 0.1) is 6.61 Å². The van der Waals surface area contributed by atoms with Gasteiger partial charge in [0.25, 0.3) is 12.4 Å². The summed E-state index contributed by atoms with van der Waals surface area (Å²) in [5.74, 6) is 0.0498. The van der Waals surface area contributed by atoms with Crippen LogP contribution in [-0.2, 0) is 25.0 Å². The summed E-state index contributed by atoms with van der Waals surface area (Å²) >= 11 is 0. The smallest absolute Gasteiger partial charge is 0.401 e. The number of rotatable bonds is 12. The highest BCUT2D eigenvalue weighted by Crippen LogP contribution is 2.49. The fourth-order valence-corrected chi connectivity index (χ4v) is 3.41. The van der Waals surface area contributed by atoms with E-state index in [1.165, 1.54) is 0 Å². The largest absolute Gasteiger partial charge is 0.463 e. The fraction of sp³-hybridized carbons (Fsp3) is 0.364. The normalized spacial score (nSPS) is 11.5. The number of amides is 1. The highest BCUT2D eigenvalue weighted by atomic mass is 31.2. The average Bonchev–Trinajstić information content (AvgIpc) is 2.84. The maximum Gasteiger partial charge on any atom is 0.401 e. The van der Waals surface area contributed by atoms with Crippen molar-refractivity contribution >= 4 is 29.6 Å². The molecule has 2 unspecified atom stereocenters. The fourth-order valence-electron chi connectivity index (χ4n) is 2.06. The minimum atomic E-state index is -2.41. The highest BCUT2D eigenvalue weighted by molar-refractivity contribution is 7.54. The summed E-state index contributed by atoms with van der Waals surface area (Å²) in [5.41, 5.74) is 2.32. The van der Waals surface area contributed by atoms with Gasteiger partial charge in [0.2, 0.25) is 0 Å². The van der Waals surface area contributed by atoms with Gasteiger partial charge in [0.1, 0.15) is 12.4 Å². The predicted octanol–water partition coefficient (Wildman–Crippen LogP) is 5.00. The lowest BCUT2D eigenvalue weighted by Crippen LogP contribution is -2.26. The van der Waals surface area contributed by atoms with Crippen molar-refractivity contribution in [2.75, 3.05) is 13.2 Å². The molecule has 3 N–H and O–H groups in total. The van der Waals surface area contributed by atoms with Crippen molar-refractivity contribution in [3.8, 4) is 5.75 Å². The maximum atomic E-state index is 11.9. The summed E-state index contributed by atoms with van der Waals surface area (Å²) in [4.78, 5) is 41.5. The first-order valence-electron chi connectivity index (χ1n) is 10.4. The third kappa shape index (κ3) is 13.9. The monoisotopic (exact) mass is 501 g/mol. The zero-order valence-corrected chi connectivity index (χ0v) is 21.3. The molecular formula is C22H33NO8P2. The van der Waals surface area contributed by atoms with Crippen LogP contribution in [0.3, 0.4) is 0 Å². The number of hydrogen-bond acceptors (Lipinski definition) is 8. The van der Waals surface area contributed by atoms with Gasteiger partial charge in [-0.1, -0.05) is 57.5 Å². The van der Waals surface area contributed by atoms with Crippen LogP contribution in [0, 0.1) is 6.92 Å². The Morgan fingerprint density at radius 1 is 0.970 bits per heavy atom. The van der Waals surface area contributed by atoms with Gasteiger partial charge in [-0.2, -0.15) is 0 Å². The van der Waals surface area contributed by atoms with Gasteiger partial charge >= 0.3 is 17.2 Å². The van der Waals surface area contributed by atoms with Crippen LogP contribution >= 0.6 is 17.2 Å². The van der Waals surface area contributed by atoms with E-state index in [9.17, 15) is 19.4 Å². The van der Waals surface area contributed by atoms with Crippen molar-refractivity contribution in [3.63, 3.8) is 0 Å². The summed E-state index contributed by atoms with van der Waals surface area (Å²) in [6.07, 6.45) is 0. The third-order valence-electron chi connectivity index (χ3n) is 3.47. The molecule has 9 nitrogen and oxygen atoms in total. The number of carbonyl (C=O) groups is 2. The van der Waals surface area contributed by atoms with Crippen molar-refractivity contribution < 1.29 is 37.5 Å². The lowest BCUT2D eigenvalue weighted by atomic mass is 10.1. The first-order chi connectivity index (χ1) is 16.0. The van der Waals surface area contributed by atoms with Crippen molar-refractivity contribution in [1.82, 2.24) is 5.32 Å². The van der Waals surface area contributed by atoms with E-state index in [0.29, 0.717) is 17.8 Å². The van der Waals surface area contributed by atoms with E-state index in [1.807, 2.05) is 46.8 Å². The molecule has 0 aromatic heterocycles. The Hall–Kier alpha value is -2.12. The highest BCUT2D eigenvalue weighted by Gasteiger charge is 2.18. The minimum absolute atomic E-state index is 0.00555. The van der Waals surface area contributed by atoms with Gasteiger partial charge in [-0.15, -0.1) is 0 Å². The summed E-state index contributed by atoms with van der Waals surface area (Å²) in [6.45, 7) is 10.6. The zero-order valence-electron chi connectivity index (χ0n) is 19.6. The van der Waals surface area contributed by atoms with Crippen molar-refractivity contribution in [2.45, 2.75) is 41.2 Å². The maximum absolute atomic E-state index is 11.9. The molecule has 0 fully saturated rings. The molecule has 0 aliphatic rings. The van der Waals surface area contributed by atoms with Gasteiger partial charge in [-0.3, -0.25) is 9.59 Å². The molecule has 2 atom stereocenters. The zero-order chi connectivity index (χ0) is 25.1. The minimum Gasteiger partial charge on any atom is -0.463 e. The lowest BCUT2D eigenvalue weighted by Gasteiger charge is -2.15. The number of aryl methyl sites for hydroxylation is 1. The lowest BCUT2D eigenvalue weighted by molar-refractivity contribution is -0.129. The van der Waals surface area contributed by atoms with Crippen molar-refractivity contribution in [3.05, 3.63) is 65.2 Å². The Balaban J connectivity index is 0.00000242. The van der Waals surface area contributed by atoms with E-state index < -0.39 is 17.2 Å². The number of carbonyl (C=O) groups excluding carboxylic acids is 2. The molecule has 0 aliphatic heterocycles. The molecule has 0 aliphatic carbocycles. The van der Waals surface area contributed by atoms with Crippen molar-refractivity contribution in [2.24, 2.45) is 0 Å². The Morgan fingerprint density at radius 2 is 1.58 bits per heavy atom. The van der Waals surface area contributed by atoms with Crippen molar-refractivity contribution in [1.29, 1.82) is 0 Å². The summed E-state index contributed by atoms with van der Waals surface area (Å²) in [6, 6.07) is 13.5. The molecule has 2 rings (SSSR count). The molecule has 0 spiro atoms. The Morgan fingerprint density at radius 3 is 2.15 bits per heavy atom. The second kappa shape index (κ2) is 19.4. The summed E-state index contributed by atoms with van der Waals surface area (Å²) < 4.78 is 19.7. The molecule has 2 aromatic rings.